The van der Waals surface area contributed by atoms with Gasteiger partial charge in [0.1, 0.15) is 0 Å². The molecule has 4 nitrogen and oxygen atoms in total. The summed E-state index contributed by atoms with van der Waals surface area (Å²) in [6.45, 7) is 2.91. The average Bonchev–Trinajstić information content (AvgIpc) is 3.12. The molecule has 5 heteroatoms. The van der Waals surface area contributed by atoms with E-state index in [0.717, 1.165) is 12.1 Å². The van der Waals surface area contributed by atoms with E-state index in [9.17, 15) is 0 Å². The van der Waals surface area contributed by atoms with E-state index in [1.807, 2.05) is 30.3 Å². The number of rotatable bonds is 6. The van der Waals surface area contributed by atoms with E-state index in [0.29, 0.717) is 11.8 Å². The number of hydrogen-bond donors (Lipinski definition) is 0. The molecule has 0 saturated heterocycles. The highest BCUT2D eigenvalue weighted by molar-refractivity contribution is 7.98. The van der Waals surface area contributed by atoms with Crippen molar-refractivity contribution < 1.29 is 4.42 Å². The topological polar surface area (TPSA) is 42.2 Å². The third kappa shape index (κ3) is 3.86. The van der Waals surface area contributed by atoms with Crippen molar-refractivity contribution in [2.75, 3.05) is 13.3 Å². The molecule has 3 rings (SSSR count). The molecule has 124 valence electrons. The first kappa shape index (κ1) is 16.7. The summed E-state index contributed by atoms with van der Waals surface area (Å²) in [6, 6.07) is 18.5. The van der Waals surface area contributed by atoms with Crippen LogP contribution in [0.3, 0.4) is 0 Å². The van der Waals surface area contributed by atoms with Gasteiger partial charge in [0, 0.05) is 17.0 Å². The maximum Gasteiger partial charge on any atom is 0.247 e. The van der Waals surface area contributed by atoms with E-state index in [2.05, 4.69) is 59.6 Å². The van der Waals surface area contributed by atoms with Crippen LogP contribution in [-0.4, -0.2) is 28.4 Å². The van der Waals surface area contributed by atoms with Gasteiger partial charge in [0.15, 0.2) is 0 Å². The van der Waals surface area contributed by atoms with Gasteiger partial charge in [0.25, 0.3) is 0 Å². The highest BCUT2D eigenvalue weighted by Crippen LogP contribution is 2.24. The van der Waals surface area contributed by atoms with Crippen LogP contribution in [0.5, 0.6) is 0 Å². The molecule has 0 aliphatic carbocycles. The van der Waals surface area contributed by atoms with Crippen LogP contribution in [-0.2, 0) is 6.54 Å². The summed E-state index contributed by atoms with van der Waals surface area (Å²) in [6.07, 6.45) is 2.09. The Balaban J connectivity index is 1.69. The summed E-state index contributed by atoms with van der Waals surface area (Å²) >= 11 is 1.75. The van der Waals surface area contributed by atoms with Crippen molar-refractivity contribution in [1.82, 2.24) is 15.1 Å². The van der Waals surface area contributed by atoms with E-state index in [-0.39, 0.29) is 6.04 Å². The quantitative estimate of drug-likeness (QED) is 0.611. The standard InChI is InChI=1S/C19H21N3OS/c1-14(22(2)13-15-9-11-17(24-3)12-10-15)18-20-21-19(23-18)16-7-5-4-6-8-16/h4-12,14H,13H2,1-3H3. The molecule has 2 aromatic carbocycles. The van der Waals surface area contributed by atoms with Crippen LogP contribution in [0.1, 0.15) is 24.4 Å². The normalized spacial score (nSPS) is 12.5. The van der Waals surface area contributed by atoms with E-state index in [1.54, 1.807) is 11.8 Å². The summed E-state index contributed by atoms with van der Waals surface area (Å²) < 4.78 is 5.86. The Labute approximate surface area is 146 Å². The molecule has 0 radical (unpaired) electrons. The van der Waals surface area contributed by atoms with Crippen LogP contribution in [0.2, 0.25) is 0 Å². The molecule has 0 saturated carbocycles. The zero-order valence-electron chi connectivity index (χ0n) is 14.1. The number of hydrogen-bond acceptors (Lipinski definition) is 5. The number of benzene rings is 2. The van der Waals surface area contributed by atoms with E-state index < -0.39 is 0 Å². The van der Waals surface area contributed by atoms with Crippen LogP contribution in [0.4, 0.5) is 0 Å². The summed E-state index contributed by atoms with van der Waals surface area (Å²) in [5, 5.41) is 8.39. The monoisotopic (exact) mass is 339 g/mol. The average molecular weight is 339 g/mol. The Hall–Kier alpha value is -2.11. The van der Waals surface area contributed by atoms with Crippen LogP contribution in [0.15, 0.2) is 63.9 Å². The van der Waals surface area contributed by atoms with Crippen molar-refractivity contribution in [2.45, 2.75) is 24.4 Å². The molecule has 0 N–H and O–H groups in total. The van der Waals surface area contributed by atoms with Gasteiger partial charge in [0.05, 0.1) is 6.04 Å². The maximum atomic E-state index is 5.86. The third-order valence-corrected chi connectivity index (χ3v) is 4.81. The molecule has 0 fully saturated rings. The van der Waals surface area contributed by atoms with Crippen LogP contribution in [0, 0.1) is 0 Å². The van der Waals surface area contributed by atoms with Gasteiger partial charge in [0.2, 0.25) is 11.8 Å². The summed E-state index contributed by atoms with van der Waals surface area (Å²) in [5.41, 5.74) is 2.21. The lowest BCUT2D eigenvalue weighted by Crippen LogP contribution is -2.22. The summed E-state index contributed by atoms with van der Waals surface area (Å²) in [5.74, 6) is 1.20. The summed E-state index contributed by atoms with van der Waals surface area (Å²) in [4.78, 5) is 3.48. The molecule has 0 aliphatic rings. The zero-order valence-corrected chi connectivity index (χ0v) is 15.0. The third-order valence-electron chi connectivity index (χ3n) is 4.07. The van der Waals surface area contributed by atoms with Crippen molar-refractivity contribution in [1.29, 1.82) is 0 Å². The second kappa shape index (κ2) is 7.64. The fourth-order valence-corrected chi connectivity index (χ4v) is 2.85. The lowest BCUT2D eigenvalue weighted by atomic mass is 10.2. The largest absolute Gasteiger partial charge is 0.419 e. The highest BCUT2D eigenvalue weighted by atomic mass is 32.2. The lowest BCUT2D eigenvalue weighted by Gasteiger charge is -2.21. The number of aromatic nitrogens is 2. The second-order valence-electron chi connectivity index (χ2n) is 5.75. The van der Waals surface area contributed by atoms with Crippen molar-refractivity contribution >= 4 is 11.8 Å². The van der Waals surface area contributed by atoms with Crippen LogP contribution < -0.4 is 0 Å². The molecule has 0 aliphatic heterocycles. The highest BCUT2D eigenvalue weighted by Gasteiger charge is 2.19. The van der Waals surface area contributed by atoms with E-state index in [1.165, 1.54) is 10.5 Å². The molecule has 1 unspecified atom stereocenters. The minimum Gasteiger partial charge on any atom is -0.419 e. The fourth-order valence-electron chi connectivity index (χ4n) is 2.45. The van der Waals surface area contributed by atoms with Gasteiger partial charge in [-0.05, 0) is 50.1 Å². The van der Waals surface area contributed by atoms with E-state index in [4.69, 9.17) is 4.42 Å². The molecule has 1 aromatic heterocycles. The maximum absolute atomic E-state index is 5.86. The molecule has 0 amide bonds. The van der Waals surface area contributed by atoms with Crippen molar-refractivity contribution in [3.05, 3.63) is 66.1 Å². The number of thioether (sulfide) groups is 1. The SMILES string of the molecule is CSc1ccc(CN(C)C(C)c2nnc(-c3ccccc3)o2)cc1. The molecule has 3 aromatic rings. The van der Waals surface area contributed by atoms with Crippen molar-refractivity contribution in [3.8, 4) is 11.5 Å². The molecule has 0 bridgehead atoms. The molecule has 0 spiro atoms. The first-order chi connectivity index (χ1) is 11.7. The van der Waals surface area contributed by atoms with E-state index >= 15 is 0 Å². The molecular weight excluding hydrogens is 318 g/mol. The van der Waals surface area contributed by atoms with Crippen LogP contribution in [0.25, 0.3) is 11.5 Å². The minimum absolute atomic E-state index is 0.0511. The Bertz CT molecular complexity index is 771. The van der Waals surface area contributed by atoms with Gasteiger partial charge in [-0.25, -0.2) is 0 Å². The van der Waals surface area contributed by atoms with Gasteiger partial charge in [-0.1, -0.05) is 30.3 Å². The second-order valence-corrected chi connectivity index (χ2v) is 6.63. The van der Waals surface area contributed by atoms with Gasteiger partial charge >= 0.3 is 0 Å². The van der Waals surface area contributed by atoms with Crippen molar-refractivity contribution in [3.63, 3.8) is 0 Å². The van der Waals surface area contributed by atoms with Gasteiger partial charge in [-0.3, -0.25) is 4.90 Å². The van der Waals surface area contributed by atoms with Gasteiger partial charge in [-0.2, -0.15) is 0 Å². The number of nitrogens with zero attached hydrogens (tertiary/aromatic N) is 3. The Kier molecular flexibility index (Phi) is 5.33. The van der Waals surface area contributed by atoms with Crippen LogP contribution >= 0.6 is 11.8 Å². The molecule has 1 atom stereocenters. The van der Waals surface area contributed by atoms with Crippen molar-refractivity contribution in [2.24, 2.45) is 0 Å². The summed E-state index contributed by atoms with van der Waals surface area (Å²) in [7, 11) is 2.07. The Morgan fingerprint density at radius 3 is 2.42 bits per heavy atom. The minimum atomic E-state index is 0.0511. The van der Waals surface area contributed by atoms with Gasteiger partial charge < -0.3 is 4.42 Å². The zero-order chi connectivity index (χ0) is 16.9. The van der Waals surface area contributed by atoms with Gasteiger partial charge in [-0.15, -0.1) is 22.0 Å². The molecular formula is C19H21N3OS. The Morgan fingerprint density at radius 1 is 1.04 bits per heavy atom. The Morgan fingerprint density at radius 2 is 1.75 bits per heavy atom. The predicted octanol–water partition coefficient (Wildman–Crippen LogP) is 4.65. The first-order valence-corrected chi connectivity index (χ1v) is 9.12. The lowest BCUT2D eigenvalue weighted by molar-refractivity contribution is 0.218. The molecule has 24 heavy (non-hydrogen) atoms. The predicted molar refractivity (Wildman–Crippen MR) is 97.8 cm³/mol. The fraction of sp³-hybridized carbons (Fsp3) is 0.263. The first-order valence-electron chi connectivity index (χ1n) is 7.89. The molecule has 1 heterocycles. The smallest absolute Gasteiger partial charge is 0.247 e.